The zero-order valence-corrected chi connectivity index (χ0v) is 15.1. The average molecular weight is 350 g/mol. The molecule has 0 saturated carbocycles. The van der Waals surface area contributed by atoms with Gasteiger partial charge in [-0.1, -0.05) is 24.0 Å². The third-order valence-corrected chi connectivity index (χ3v) is 3.31. The first-order valence-electron chi connectivity index (χ1n) is 8.21. The van der Waals surface area contributed by atoms with Gasteiger partial charge in [0, 0.05) is 23.2 Å². The van der Waals surface area contributed by atoms with Crippen LogP contribution in [0.3, 0.4) is 0 Å². The Balaban J connectivity index is 1.93. The van der Waals surface area contributed by atoms with E-state index in [1.54, 1.807) is 24.3 Å². The molecule has 2 amide bonds. The first-order valence-corrected chi connectivity index (χ1v) is 8.21. The molecule has 3 N–H and O–H groups in total. The van der Waals surface area contributed by atoms with Gasteiger partial charge in [0.25, 0.3) is 0 Å². The number of rotatable bonds is 3. The molecule has 0 bridgehead atoms. The van der Waals surface area contributed by atoms with Crippen molar-refractivity contribution in [3.63, 3.8) is 0 Å². The van der Waals surface area contributed by atoms with E-state index in [0.29, 0.717) is 12.1 Å². The fourth-order valence-electron chi connectivity index (χ4n) is 2.06. The van der Waals surface area contributed by atoms with Crippen molar-refractivity contribution in [3.05, 3.63) is 70.8 Å². The summed E-state index contributed by atoms with van der Waals surface area (Å²) >= 11 is 0. The van der Waals surface area contributed by atoms with E-state index in [9.17, 15) is 9.59 Å². The number of alkyl carbamates (subject to hydrolysis) is 1. The van der Waals surface area contributed by atoms with Crippen molar-refractivity contribution in [3.8, 4) is 11.8 Å². The predicted octanol–water partition coefficient (Wildman–Crippen LogP) is 3.21. The van der Waals surface area contributed by atoms with Gasteiger partial charge < -0.3 is 15.8 Å². The minimum absolute atomic E-state index is 0.386. The van der Waals surface area contributed by atoms with Crippen LogP contribution < -0.4 is 11.1 Å². The molecule has 0 radical (unpaired) electrons. The quantitative estimate of drug-likeness (QED) is 0.834. The molecule has 0 fully saturated rings. The molecule has 0 aliphatic rings. The zero-order valence-electron chi connectivity index (χ0n) is 15.1. The van der Waals surface area contributed by atoms with Crippen molar-refractivity contribution in [2.75, 3.05) is 0 Å². The standard InChI is InChI=1S/C21H22N2O3/c1-21(2,3)26-20(25)23-14-17-8-6-15(7-9-17)4-5-16-10-12-18(13-11-16)19(22)24/h6-13H,14H2,1-3H3,(H2,22,24)(H,23,25). The summed E-state index contributed by atoms with van der Waals surface area (Å²) in [6.45, 7) is 5.85. The number of ether oxygens (including phenoxy) is 1. The van der Waals surface area contributed by atoms with Crippen molar-refractivity contribution in [2.45, 2.75) is 32.9 Å². The molecule has 0 spiro atoms. The molecular formula is C21H22N2O3. The fourth-order valence-corrected chi connectivity index (χ4v) is 2.06. The number of carbonyl (C=O) groups excluding carboxylic acids is 2. The number of hydrogen-bond acceptors (Lipinski definition) is 3. The summed E-state index contributed by atoms with van der Waals surface area (Å²) in [7, 11) is 0. The van der Waals surface area contributed by atoms with E-state index in [1.807, 2.05) is 45.0 Å². The summed E-state index contributed by atoms with van der Waals surface area (Å²) in [5.41, 5.74) is 7.75. The van der Waals surface area contributed by atoms with Crippen LogP contribution in [-0.4, -0.2) is 17.6 Å². The van der Waals surface area contributed by atoms with Crippen LogP contribution in [0, 0.1) is 11.8 Å². The lowest BCUT2D eigenvalue weighted by Gasteiger charge is -2.19. The lowest BCUT2D eigenvalue weighted by molar-refractivity contribution is 0.0523. The maximum absolute atomic E-state index is 11.6. The van der Waals surface area contributed by atoms with Gasteiger partial charge in [0.15, 0.2) is 0 Å². The molecular weight excluding hydrogens is 328 g/mol. The molecule has 2 rings (SSSR count). The highest BCUT2D eigenvalue weighted by Crippen LogP contribution is 2.08. The van der Waals surface area contributed by atoms with Crippen LogP contribution in [0.25, 0.3) is 0 Å². The first-order chi connectivity index (χ1) is 12.2. The average Bonchev–Trinajstić information content (AvgIpc) is 2.58. The number of primary amides is 1. The molecule has 5 heteroatoms. The number of hydrogen-bond donors (Lipinski definition) is 2. The molecule has 0 aliphatic carbocycles. The Bertz CT molecular complexity index is 836. The van der Waals surface area contributed by atoms with Crippen molar-refractivity contribution >= 4 is 12.0 Å². The van der Waals surface area contributed by atoms with Crippen LogP contribution >= 0.6 is 0 Å². The van der Waals surface area contributed by atoms with Crippen molar-refractivity contribution < 1.29 is 14.3 Å². The van der Waals surface area contributed by atoms with Crippen molar-refractivity contribution in [1.82, 2.24) is 5.32 Å². The summed E-state index contributed by atoms with van der Waals surface area (Å²) in [5.74, 6) is 5.63. The molecule has 0 saturated heterocycles. The highest BCUT2D eigenvalue weighted by atomic mass is 16.6. The second-order valence-electron chi connectivity index (χ2n) is 6.74. The summed E-state index contributed by atoms with van der Waals surface area (Å²) in [5, 5.41) is 2.71. The number of nitrogens with one attached hydrogen (secondary N) is 1. The van der Waals surface area contributed by atoms with Crippen LogP contribution in [0.4, 0.5) is 4.79 Å². The molecule has 26 heavy (non-hydrogen) atoms. The van der Waals surface area contributed by atoms with Gasteiger partial charge in [-0.2, -0.15) is 0 Å². The normalized spacial score (nSPS) is 10.4. The lowest BCUT2D eigenvalue weighted by atomic mass is 10.1. The molecule has 134 valence electrons. The molecule has 0 heterocycles. The Morgan fingerprint density at radius 3 is 1.92 bits per heavy atom. The van der Waals surface area contributed by atoms with E-state index in [1.165, 1.54) is 0 Å². The largest absolute Gasteiger partial charge is 0.444 e. The summed E-state index contributed by atoms with van der Waals surface area (Å²) in [6, 6.07) is 14.4. The van der Waals surface area contributed by atoms with Crippen molar-refractivity contribution in [2.24, 2.45) is 5.73 Å². The third-order valence-electron chi connectivity index (χ3n) is 3.31. The van der Waals surface area contributed by atoms with Gasteiger partial charge in [0.2, 0.25) is 5.91 Å². The molecule has 5 nitrogen and oxygen atoms in total. The Labute approximate surface area is 153 Å². The number of carbonyl (C=O) groups is 2. The monoisotopic (exact) mass is 350 g/mol. The van der Waals surface area contributed by atoms with Gasteiger partial charge >= 0.3 is 6.09 Å². The molecule has 2 aromatic carbocycles. The SMILES string of the molecule is CC(C)(C)OC(=O)NCc1ccc(C#Cc2ccc(C(N)=O)cc2)cc1. The number of nitrogens with two attached hydrogens (primary N) is 1. The van der Waals surface area contributed by atoms with Crippen molar-refractivity contribution in [1.29, 1.82) is 0 Å². The van der Waals surface area contributed by atoms with Gasteiger partial charge in [-0.05, 0) is 62.7 Å². The second-order valence-corrected chi connectivity index (χ2v) is 6.74. The zero-order chi connectivity index (χ0) is 19.2. The smallest absolute Gasteiger partial charge is 0.407 e. The Morgan fingerprint density at radius 1 is 0.962 bits per heavy atom. The topological polar surface area (TPSA) is 81.4 Å². The molecule has 0 atom stereocenters. The minimum atomic E-state index is -0.515. The van der Waals surface area contributed by atoms with E-state index < -0.39 is 17.6 Å². The van der Waals surface area contributed by atoms with Crippen LogP contribution in [0.2, 0.25) is 0 Å². The van der Waals surface area contributed by atoms with E-state index in [4.69, 9.17) is 10.5 Å². The van der Waals surface area contributed by atoms with E-state index in [2.05, 4.69) is 17.2 Å². The Kier molecular flexibility index (Phi) is 6.03. The lowest BCUT2D eigenvalue weighted by Crippen LogP contribution is -2.32. The summed E-state index contributed by atoms with van der Waals surface area (Å²) in [4.78, 5) is 22.7. The Morgan fingerprint density at radius 2 is 1.46 bits per heavy atom. The second kappa shape index (κ2) is 8.21. The maximum atomic E-state index is 11.6. The van der Waals surface area contributed by atoms with Crippen LogP contribution in [-0.2, 0) is 11.3 Å². The van der Waals surface area contributed by atoms with Gasteiger partial charge in [0.05, 0.1) is 0 Å². The highest BCUT2D eigenvalue weighted by Gasteiger charge is 2.15. The van der Waals surface area contributed by atoms with Gasteiger partial charge in [-0.15, -0.1) is 0 Å². The maximum Gasteiger partial charge on any atom is 0.407 e. The van der Waals surface area contributed by atoms with Gasteiger partial charge in [-0.25, -0.2) is 4.79 Å². The van der Waals surface area contributed by atoms with E-state index in [-0.39, 0.29) is 0 Å². The molecule has 0 unspecified atom stereocenters. The summed E-state index contributed by atoms with van der Waals surface area (Å²) in [6.07, 6.45) is -0.444. The van der Waals surface area contributed by atoms with Crippen LogP contribution in [0.5, 0.6) is 0 Å². The van der Waals surface area contributed by atoms with Gasteiger partial charge in [-0.3, -0.25) is 4.79 Å². The van der Waals surface area contributed by atoms with E-state index >= 15 is 0 Å². The molecule has 0 aliphatic heterocycles. The number of benzene rings is 2. The first kappa shape index (κ1) is 19.1. The molecule has 2 aromatic rings. The van der Waals surface area contributed by atoms with E-state index in [0.717, 1.165) is 16.7 Å². The van der Waals surface area contributed by atoms with Crippen LogP contribution in [0.15, 0.2) is 48.5 Å². The Hall–Kier alpha value is -3.26. The predicted molar refractivity (Wildman–Crippen MR) is 100 cm³/mol. The third kappa shape index (κ3) is 6.33. The van der Waals surface area contributed by atoms with Crippen LogP contribution in [0.1, 0.15) is 47.8 Å². The highest BCUT2D eigenvalue weighted by molar-refractivity contribution is 5.92. The molecule has 0 aromatic heterocycles. The minimum Gasteiger partial charge on any atom is -0.444 e. The summed E-state index contributed by atoms with van der Waals surface area (Å²) < 4.78 is 5.19. The van der Waals surface area contributed by atoms with Gasteiger partial charge in [0.1, 0.15) is 5.60 Å². The number of amides is 2. The fraction of sp³-hybridized carbons (Fsp3) is 0.238.